The van der Waals surface area contributed by atoms with Gasteiger partial charge < -0.3 is 10.2 Å². The molecule has 31 heavy (non-hydrogen) atoms. The molecule has 1 saturated heterocycles. The van der Waals surface area contributed by atoms with Crippen molar-refractivity contribution in [1.82, 2.24) is 10.2 Å². The number of halogens is 1. The minimum absolute atomic E-state index is 0.0740. The number of amides is 2. The van der Waals surface area contributed by atoms with Crippen molar-refractivity contribution in [2.45, 2.75) is 38.5 Å². The van der Waals surface area contributed by atoms with E-state index in [0.717, 1.165) is 34.2 Å². The Morgan fingerprint density at radius 3 is 2.68 bits per heavy atom. The second-order valence-electron chi connectivity index (χ2n) is 8.87. The number of thiophene rings is 1. The van der Waals surface area contributed by atoms with Gasteiger partial charge in [0.25, 0.3) is 5.91 Å². The molecule has 2 heterocycles. The van der Waals surface area contributed by atoms with E-state index in [1.165, 1.54) is 23.5 Å². The smallest absolute Gasteiger partial charge is 0.261 e. The minimum Gasteiger partial charge on any atom is -0.350 e. The molecule has 0 aliphatic carbocycles. The molecule has 4 nitrogen and oxygen atoms in total. The zero-order valence-corrected chi connectivity index (χ0v) is 18.9. The Labute approximate surface area is 186 Å². The maximum absolute atomic E-state index is 13.7. The highest BCUT2D eigenvalue weighted by atomic mass is 32.1. The Kier molecular flexibility index (Phi) is 5.84. The molecular weight excluding hydrogens is 411 g/mol. The Morgan fingerprint density at radius 2 is 1.97 bits per heavy atom. The highest BCUT2D eigenvalue weighted by molar-refractivity contribution is 7.21. The lowest BCUT2D eigenvalue weighted by molar-refractivity contribution is -0.127. The molecule has 1 aliphatic rings. The molecule has 1 aromatic heterocycles. The highest BCUT2D eigenvalue weighted by Crippen LogP contribution is 2.40. The number of fused-ring (bicyclic) bond motifs is 1. The summed E-state index contributed by atoms with van der Waals surface area (Å²) in [7, 11) is 0. The molecule has 1 unspecified atom stereocenters. The van der Waals surface area contributed by atoms with Gasteiger partial charge in [-0.15, -0.1) is 11.3 Å². The van der Waals surface area contributed by atoms with Crippen LogP contribution in [0, 0.1) is 5.82 Å². The third-order valence-corrected chi connectivity index (χ3v) is 7.36. The molecule has 3 aromatic rings. The first-order valence-corrected chi connectivity index (χ1v) is 11.4. The maximum atomic E-state index is 13.7. The molecule has 0 bridgehead atoms. The summed E-state index contributed by atoms with van der Waals surface area (Å²) in [5, 5.41) is 4.18. The van der Waals surface area contributed by atoms with Crippen LogP contribution in [0.1, 0.15) is 53.9 Å². The van der Waals surface area contributed by atoms with Crippen molar-refractivity contribution in [1.29, 1.82) is 0 Å². The van der Waals surface area contributed by atoms with E-state index in [1.54, 1.807) is 13.0 Å². The molecule has 2 aromatic carbocycles. The van der Waals surface area contributed by atoms with Crippen molar-refractivity contribution in [2.24, 2.45) is 0 Å². The fourth-order valence-corrected chi connectivity index (χ4v) is 5.52. The molecule has 6 heteroatoms. The Hall–Kier alpha value is -2.73. The van der Waals surface area contributed by atoms with Crippen LogP contribution in [0.4, 0.5) is 4.39 Å². The summed E-state index contributed by atoms with van der Waals surface area (Å²) in [6, 6.07) is 14.6. The van der Waals surface area contributed by atoms with Crippen LogP contribution in [0.15, 0.2) is 48.5 Å². The predicted molar refractivity (Wildman–Crippen MR) is 123 cm³/mol. The molecule has 0 spiro atoms. The topological polar surface area (TPSA) is 49.4 Å². The van der Waals surface area contributed by atoms with Crippen LogP contribution in [0.25, 0.3) is 10.1 Å². The third-order valence-electron chi connectivity index (χ3n) is 6.18. The summed E-state index contributed by atoms with van der Waals surface area (Å²) in [5.74, 6) is -0.163. The van der Waals surface area contributed by atoms with Gasteiger partial charge in [-0.2, -0.15) is 0 Å². The van der Waals surface area contributed by atoms with E-state index in [1.807, 2.05) is 43.0 Å². The Bertz CT molecular complexity index is 1140. The van der Waals surface area contributed by atoms with Crippen LogP contribution in [-0.4, -0.2) is 36.3 Å². The minimum atomic E-state index is -0.409. The van der Waals surface area contributed by atoms with E-state index in [4.69, 9.17) is 0 Å². The number of hydrogen-bond donors (Lipinski definition) is 1. The van der Waals surface area contributed by atoms with Crippen molar-refractivity contribution in [2.75, 3.05) is 19.6 Å². The second-order valence-corrected chi connectivity index (χ2v) is 9.92. The first kappa shape index (κ1) is 21.5. The van der Waals surface area contributed by atoms with E-state index < -0.39 is 5.41 Å². The molecule has 0 saturated carbocycles. The normalized spacial score (nSPS) is 16.6. The summed E-state index contributed by atoms with van der Waals surface area (Å²) >= 11 is 1.50. The van der Waals surface area contributed by atoms with Gasteiger partial charge in [0.1, 0.15) is 5.82 Å². The van der Waals surface area contributed by atoms with Crippen LogP contribution in [0.2, 0.25) is 0 Å². The van der Waals surface area contributed by atoms with Crippen LogP contribution in [-0.2, 0) is 10.2 Å². The average Bonchev–Trinajstić information content (AvgIpc) is 3.37. The van der Waals surface area contributed by atoms with Crippen molar-refractivity contribution in [3.05, 3.63) is 70.4 Å². The van der Waals surface area contributed by atoms with Gasteiger partial charge in [0.05, 0.1) is 4.88 Å². The van der Waals surface area contributed by atoms with Crippen LogP contribution in [0.3, 0.4) is 0 Å². The number of hydrogen-bond acceptors (Lipinski definition) is 3. The fraction of sp³-hybridized carbons (Fsp3) is 0.360. The number of nitrogens with zero attached hydrogens (tertiary/aromatic N) is 1. The average molecular weight is 439 g/mol. The molecule has 4 rings (SSSR count). The molecule has 1 aliphatic heterocycles. The second kappa shape index (κ2) is 8.42. The van der Waals surface area contributed by atoms with Gasteiger partial charge in [0, 0.05) is 42.6 Å². The summed E-state index contributed by atoms with van der Waals surface area (Å²) < 4.78 is 14.8. The fourth-order valence-electron chi connectivity index (χ4n) is 4.31. The zero-order valence-electron chi connectivity index (χ0n) is 18.1. The summed E-state index contributed by atoms with van der Waals surface area (Å²) in [4.78, 5) is 27.7. The zero-order chi connectivity index (χ0) is 22.2. The predicted octanol–water partition coefficient (Wildman–Crippen LogP) is 5.08. The van der Waals surface area contributed by atoms with E-state index in [9.17, 15) is 14.0 Å². The largest absolute Gasteiger partial charge is 0.350 e. The molecule has 1 N–H and O–H groups in total. The number of benzene rings is 2. The van der Waals surface area contributed by atoms with Gasteiger partial charge in [0.15, 0.2) is 0 Å². The van der Waals surface area contributed by atoms with Crippen molar-refractivity contribution >= 4 is 33.2 Å². The van der Waals surface area contributed by atoms with Gasteiger partial charge in [-0.25, -0.2) is 4.39 Å². The van der Waals surface area contributed by atoms with Gasteiger partial charge in [-0.1, -0.05) is 44.2 Å². The van der Waals surface area contributed by atoms with E-state index in [0.29, 0.717) is 18.0 Å². The van der Waals surface area contributed by atoms with E-state index in [2.05, 4.69) is 11.4 Å². The van der Waals surface area contributed by atoms with Crippen LogP contribution in [0.5, 0.6) is 0 Å². The quantitative estimate of drug-likeness (QED) is 0.604. The number of likely N-dealkylation sites (tertiary alicyclic amines) is 1. The van der Waals surface area contributed by atoms with E-state index >= 15 is 0 Å². The standard InChI is InChI=1S/C25H27FN2O2S/c1-16(29)28-12-11-17(14-28)22-20-9-4-5-10-21(20)31-23(22)24(30)27-15-25(2,3)18-7-6-8-19(26)13-18/h4-10,13,17H,11-12,14-15H2,1-3H3,(H,27,30). The molecular formula is C25H27FN2O2S. The molecule has 162 valence electrons. The highest BCUT2D eigenvalue weighted by Gasteiger charge is 2.32. The van der Waals surface area contributed by atoms with Gasteiger partial charge >= 0.3 is 0 Å². The number of rotatable bonds is 5. The first-order valence-electron chi connectivity index (χ1n) is 10.6. The van der Waals surface area contributed by atoms with Crippen molar-refractivity contribution in [3.63, 3.8) is 0 Å². The molecule has 1 atom stereocenters. The lowest BCUT2D eigenvalue weighted by atomic mass is 9.84. The number of carbonyl (C=O) groups is 2. The Balaban J connectivity index is 1.60. The van der Waals surface area contributed by atoms with Gasteiger partial charge in [-0.3, -0.25) is 9.59 Å². The SMILES string of the molecule is CC(=O)N1CCC(c2c(C(=O)NCC(C)(C)c3cccc(F)c3)sc3ccccc23)C1. The number of nitrogens with one attached hydrogen (secondary N) is 1. The summed E-state index contributed by atoms with van der Waals surface area (Å²) in [6.07, 6.45) is 0.857. The lowest BCUT2D eigenvalue weighted by Crippen LogP contribution is -2.36. The molecule has 2 amide bonds. The van der Waals surface area contributed by atoms with Gasteiger partial charge in [-0.05, 0) is 41.1 Å². The number of carbonyl (C=O) groups excluding carboxylic acids is 2. The summed E-state index contributed by atoms with van der Waals surface area (Å²) in [5.41, 5.74) is 1.48. The maximum Gasteiger partial charge on any atom is 0.261 e. The molecule has 1 fully saturated rings. The van der Waals surface area contributed by atoms with Crippen molar-refractivity contribution in [3.8, 4) is 0 Å². The first-order chi connectivity index (χ1) is 14.8. The Morgan fingerprint density at radius 1 is 1.19 bits per heavy atom. The van der Waals surface area contributed by atoms with Crippen LogP contribution < -0.4 is 5.32 Å². The van der Waals surface area contributed by atoms with Crippen LogP contribution >= 0.6 is 11.3 Å². The van der Waals surface area contributed by atoms with Gasteiger partial charge in [0.2, 0.25) is 5.91 Å². The monoisotopic (exact) mass is 438 g/mol. The third kappa shape index (κ3) is 4.35. The summed E-state index contributed by atoms with van der Waals surface area (Å²) in [6.45, 7) is 7.34. The van der Waals surface area contributed by atoms with E-state index in [-0.39, 0.29) is 23.5 Å². The molecule has 0 radical (unpaired) electrons. The lowest BCUT2D eigenvalue weighted by Gasteiger charge is -2.26. The van der Waals surface area contributed by atoms with Crippen molar-refractivity contribution < 1.29 is 14.0 Å².